The Bertz CT molecular complexity index is 1290. The van der Waals surface area contributed by atoms with Gasteiger partial charge in [0.2, 0.25) is 0 Å². The highest BCUT2D eigenvalue weighted by Crippen LogP contribution is 2.32. The number of fused-ring (bicyclic) bond motifs is 1. The molecule has 12 heteroatoms. The molecule has 0 fully saturated rings. The summed E-state index contributed by atoms with van der Waals surface area (Å²) in [4.78, 5) is 17.4. The van der Waals surface area contributed by atoms with E-state index in [0.717, 1.165) is 24.9 Å². The van der Waals surface area contributed by atoms with Gasteiger partial charge in [0, 0.05) is 23.5 Å². The van der Waals surface area contributed by atoms with Crippen LogP contribution in [0, 0.1) is 13.8 Å². The van der Waals surface area contributed by atoms with E-state index in [2.05, 4.69) is 15.2 Å². The number of rotatable bonds is 9. The first-order valence-electron chi connectivity index (χ1n) is 10.5. The van der Waals surface area contributed by atoms with Crippen molar-refractivity contribution in [1.29, 1.82) is 0 Å². The summed E-state index contributed by atoms with van der Waals surface area (Å²) >= 11 is 4.46. The Balaban J connectivity index is 1.42. The predicted molar refractivity (Wildman–Crippen MR) is 130 cm³/mol. The molecule has 180 valence electrons. The molecule has 0 saturated heterocycles. The first kappa shape index (κ1) is 24.8. The molecule has 0 spiro atoms. The Labute approximate surface area is 207 Å². The molecule has 34 heavy (non-hydrogen) atoms. The average Bonchev–Trinajstić information content (AvgIpc) is 3.46. The lowest BCUT2D eigenvalue weighted by Gasteiger charge is -2.12. The van der Waals surface area contributed by atoms with Crippen LogP contribution in [0.25, 0.3) is 10.2 Å². The molecular weight excluding hydrogens is 503 g/mol. The van der Waals surface area contributed by atoms with Crippen molar-refractivity contribution >= 4 is 50.9 Å². The quantitative estimate of drug-likeness (QED) is 0.193. The van der Waals surface area contributed by atoms with E-state index in [4.69, 9.17) is 0 Å². The van der Waals surface area contributed by atoms with Gasteiger partial charge < -0.3 is 9.13 Å². The number of alkyl halides is 3. The van der Waals surface area contributed by atoms with Gasteiger partial charge in [0.25, 0.3) is 0 Å². The minimum atomic E-state index is -4.35. The molecule has 0 saturated carbocycles. The molecule has 1 aromatic carbocycles. The van der Waals surface area contributed by atoms with Crippen LogP contribution >= 0.6 is 34.9 Å². The number of nitrogens with zero attached hydrogens (tertiary/aromatic N) is 5. The molecule has 0 aliphatic carbocycles. The summed E-state index contributed by atoms with van der Waals surface area (Å²) in [5.74, 6) is 1.21. The van der Waals surface area contributed by atoms with Crippen molar-refractivity contribution in [2.45, 2.75) is 55.3 Å². The number of thioether (sulfide) groups is 2. The highest BCUT2D eigenvalue weighted by Gasteiger charge is 2.30. The third-order valence-corrected chi connectivity index (χ3v) is 8.39. The second-order valence-corrected chi connectivity index (χ2v) is 10.8. The zero-order valence-electron chi connectivity index (χ0n) is 18.7. The zero-order chi connectivity index (χ0) is 24.5. The Kier molecular flexibility index (Phi) is 7.39. The molecular formula is C22H22F3N5OS3. The fraction of sp³-hybridized carbons (Fsp3) is 0.364. The minimum absolute atomic E-state index is 0.0689. The lowest BCUT2D eigenvalue weighted by atomic mass is 10.2. The molecule has 4 rings (SSSR count). The number of carbonyl (C=O) groups excluding carboxylic acids is 1. The molecule has 0 amide bonds. The first-order valence-corrected chi connectivity index (χ1v) is 13.2. The van der Waals surface area contributed by atoms with Gasteiger partial charge in [-0.2, -0.15) is 13.2 Å². The van der Waals surface area contributed by atoms with Gasteiger partial charge in [-0.3, -0.25) is 4.79 Å². The maximum absolute atomic E-state index is 12.9. The normalized spacial score (nSPS) is 12.1. The lowest BCUT2D eigenvalue weighted by Crippen LogP contribution is -2.19. The number of aromatic nitrogens is 5. The fourth-order valence-electron chi connectivity index (χ4n) is 3.60. The molecule has 4 aromatic rings. The number of benzene rings is 1. The van der Waals surface area contributed by atoms with E-state index < -0.39 is 12.7 Å². The van der Waals surface area contributed by atoms with Crippen LogP contribution in [0.3, 0.4) is 0 Å². The number of carbonyl (C=O) groups is 1. The summed E-state index contributed by atoms with van der Waals surface area (Å²) in [6.07, 6.45) is -4.35. The van der Waals surface area contributed by atoms with E-state index in [9.17, 15) is 18.0 Å². The SMILES string of the molecule is CCn1c(CSc2nc3ccccc3s2)nnc1SCC(=O)c1cc(C)n(CC(F)(F)F)c1C. The smallest absolute Gasteiger partial charge is 0.339 e. The van der Waals surface area contributed by atoms with Gasteiger partial charge in [0.05, 0.1) is 21.7 Å². The summed E-state index contributed by atoms with van der Waals surface area (Å²) in [5, 5.41) is 9.14. The summed E-state index contributed by atoms with van der Waals surface area (Å²) in [5.41, 5.74) is 2.01. The van der Waals surface area contributed by atoms with Gasteiger partial charge in [0.1, 0.15) is 12.4 Å². The summed E-state index contributed by atoms with van der Waals surface area (Å²) in [7, 11) is 0. The maximum Gasteiger partial charge on any atom is 0.406 e. The number of Topliss-reactive ketones (excluding diaryl/α,β-unsaturated/α-hetero) is 1. The van der Waals surface area contributed by atoms with Gasteiger partial charge in [-0.1, -0.05) is 35.7 Å². The van der Waals surface area contributed by atoms with Crippen LogP contribution < -0.4 is 0 Å². The van der Waals surface area contributed by atoms with E-state index in [1.165, 1.54) is 17.8 Å². The van der Waals surface area contributed by atoms with Crippen LogP contribution in [-0.2, 0) is 18.8 Å². The molecule has 0 aliphatic rings. The van der Waals surface area contributed by atoms with Crippen LogP contribution in [0.5, 0.6) is 0 Å². The maximum atomic E-state index is 12.9. The van der Waals surface area contributed by atoms with E-state index in [-0.39, 0.29) is 11.5 Å². The van der Waals surface area contributed by atoms with Gasteiger partial charge in [-0.15, -0.1) is 21.5 Å². The number of ketones is 1. The number of para-hydroxylation sites is 1. The van der Waals surface area contributed by atoms with Crippen molar-refractivity contribution in [3.8, 4) is 0 Å². The number of hydrogen-bond donors (Lipinski definition) is 0. The Morgan fingerprint density at radius 3 is 2.59 bits per heavy atom. The number of aryl methyl sites for hydroxylation is 1. The molecule has 0 atom stereocenters. The van der Waals surface area contributed by atoms with Gasteiger partial charge >= 0.3 is 6.18 Å². The average molecular weight is 526 g/mol. The Hall–Kier alpha value is -2.31. The Morgan fingerprint density at radius 1 is 1.12 bits per heavy atom. The summed E-state index contributed by atoms with van der Waals surface area (Å²) < 4.78 is 43.7. The molecule has 0 radical (unpaired) electrons. The van der Waals surface area contributed by atoms with Crippen molar-refractivity contribution in [2.24, 2.45) is 0 Å². The minimum Gasteiger partial charge on any atom is -0.339 e. The number of halogens is 3. The van der Waals surface area contributed by atoms with E-state index in [1.807, 2.05) is 35.8 Å². The largest absolute Gasteiger partial charge is 0.406 e. The molecule has 0 aliphatic heterocycles. The highest BCUT2D eigenvalue weighted by atomic mass is 32.2. The van der Waals surface area contributed by atoms with Crippen molar-refractivity contribution in [3.63, 3.8) is 0 Å². The first-order chi connectivity index (χ1) is 16.2. The molecule has 6 nitrogen and oxygen atoms in total. The summed E-state index contributed by atoms with van der Waals surface area (Å²) in [6, 6.07) is 9.49. The van der Waals surface area contributed by atoms with Crippen molar-refractivity contribution in [3.05, 3.63) is 53.1 Å². The summed E-state index contributed by atoms with van der Waals surface area (Å²) in [6.45, 7) is 4.63. The van der Waals surface area contributed by atoms with E-state index >= 15 is 0 Å². The second kappa shape index (κ2) is 10.1. The Morgan fingerprint density at radius 2 is 1.88 bits per heavy atom. The topological polar surface area (TPSA) is 65.6 Å². The lowest BCUT2D eigenvalue weighted by molar-refractivity contribution is -0.141. The van der Waals surface area contributed by atoms with Gasteiger partial charge in [-0.05, 0) is 39.0 Å². The van der Waals surface area contributed by atoms with Crippen LogP contribution in [0.2, 0.25) is 0 Å². The number of thiazole rings is 1. The molecule has 3 aromatic heterocycles. The predicted octanol–water partition coefficient (Wildman–Crippen LogP) is 6.16. The third kappa shape index (κ3) is 5.49. The highest BCUT2D eigenvalue weighted by molar-refractivity contribution is 8.00. The van der Waals surface area contributed by atoms with Crippen molar-refractivity contribution < 1.29 is 18.0 Å². The van der Waals surface area contributed by atoms with Gasteiger partial charge in [-0.25, -0.2) is 4.98 Å². The van der Waals surface area contributed by atoms with Crippen LogP contribution in [0.4, 0.5) is 13.2 Å². The third-order valence-electron chi connectivity index (χ3n) is 5.25. The fourth-order valence-corrected chi connectivity index (χ4v) is 6.52. The molecule has 0 bridgehead atoms. The van der Waals surface area contributed by atoms with Crippen LogP contribution in [-0.4, -0.2) is 42.0 Å². The zero-order valence-corrected chi connectivity index (χ0v) is 21.2. The van der Waals surface area contributed by atoms with Crippen molar-refractivity contribution in [1.82, 2.24) is 24.3 Å². The van der Waals surface area contributed by atoms with Crippen molar-refractivity contribution in [2.75, 3.05) is 5.75 Å². The second-order valence-electron chi connectivity index (χ2n) is 7.58. The molecule has 3 heterocycles. The monoisotopic (exact) mass is 525 g/mol. The van der Waals surface area contributed by atoms with E-state index in [1.54, 1.807) is 36.9 Å². The number of hydrogen-bond acceptors (Lipinski definition) is 7. The molecule has 0 N–H and O–H groups in total. The standard InChI is InChI=1S/C22H22F3N5OS3/c1-4-29-19(11-33-21-26-16-7-5-6-8-18(16)34-21)27-28-20(29)32-10-17(31)15-9-13(2)30(14(15)3)12-22(23,24)25/h5-9H,4,10-12H2,1-3H3. The van der Waals surface area contributed by atoms with E-state index in [0.29, 0.717) is 34.4 Å². The molecule has 0 unspecified atom stereocenters. The van der Waals surface area contributed by atoms with Gasteiger partial charge in [0.15, 0.2) is 15.3 Å². The van der Waals surface area contributed by atoms with Crippen LogP contribution in [0.1, 0.15) is 34.5 Å². The van der Waals surface area contributed by atoms with Crippen LogP contribution in [0.15, 0.2) is 39.8 Å².